The molecule has 4 aromatic rings. The Hall–Kier alpha value is -2.86. The second-order valence-corrected chi connectivity index (χ2v) is 15.3. The molecule has 0 aliphatic rings. The lowest BCUT2D eigenvalue weighted by Crippen LogP contribution is -2.16. The van der Waals surface area contributed by atoms with Gasteiger partial charge in [-0.2, -0.15) is 0 Å². The maximum atomic E-state index is 2.41. The summed E-state index contributed by atoms with van der Waals surface area (Å²) in [7, 11) is 0. The van der Waals surface area contributed by atoms with Gasteiger partial charge in [-0.15, -0.1) is 0 Å². The van der Waals surface area contributed by atoms with Gasteiger partial charge in [-0.3, -0.25) is 0 Å². The van der Waals surface area contributed by atoms with Crippen LogP contribution in [-0.4, -0.2) is 0 Å². The molecular weight excluding hydrogens is 456 g/mol. The van der Waals surface area contributed by atoms with Crippen LogP contribution in [-0.2, 0) is 21.7 Å². The molecule has 4 aromatic carbocycles. The molecular formula is C38H48. The van der Waals surface area contributed by atoms with Crippen LogP contribution in [0.25, 0.3) is 33.0 Å². The van der Waals surface area contributed by atoms with Crippen LogP contribution in [0, 0.1) is 0 Å². The monoisotopic (exact) mass is 504 g/mol. The normalized spacial score (nSPS) is 13.3. The van der Waals surface area contributed by atoms with Gasteiger partial charge in [0.05, 0.1) is 0 Å². The van der Waals surface area contributed by atoms with Crippen LogP contribution in [0.1, 0.15) is 105 Å². The average Bonchev–Trinajstić information content (AvgIpc) is 2.80. The van der Waals surface area contributed by atoms with Gasteiger partial charge in [0.2, 0.25) is 0 Å². The molecule has 0 saturated carbocycles. The van der Waals surface area contributed by atoms with Crippen molar-refractivity contribution in [3.05, 3.63) is 95.1 Å². The topological polar surface area (TPSA) is 0 Å². The van der Waals surface area contributed by atoms with Crippen molar-refractivity contribution in [2.45, 2.75) is 105 Å². The molecule has 0 unspecified atom stereocenters. The lowest BCUT2D eigenvalue weighted by molar-refractivity contribution is 0.568. The van der Waals surface area contributed by atoms with Crippen molar-refractivity contribution in [2.24, 2.45) is 0 Å². The molecule has 38 heavy (non-hydrogen) atoms. The van der Waals surface area contributed by atoms with Crippen molar-refractivity contribution in [1.82, 2.24) is 0 Å². The summed E-state index contributed by atoms with van der Waals surface area (Å²) in [5, 5.41) is 2.63. The third-order valence-corrected chi connectivity index (χ3v) is 7.87. The average molecular weight is 505 g/mol. The summed E-state index contributed by atoms with van der Waals surface area (Å²) in [6, 6.07) is 28.1. The first-order valence-corrected chi connectivity index (χ1v) is 14.2. The molecule has 200 valence electrons. The molecule has 0 amide bonds. The van der Waals surface area contributed by atoms with Crippen molar-refractivity contribution in [3.8, 4) is 22.3 Å². The highest BCUT2D eigenvalue weighted by Crippen LogP contribution is 2.40. The molecule has 0 saturated heterocycles. The van der Waals surface area contributed by atoms with E-state index in [2.05, 4.69) is 156 Å². The first-order chi connectivity index (χ1) is 17.4. The quantitative estimate of drug-likeness (QED) is 0.255. The fraction of sp³-hybridized carbons (Fsp3) is 0.421. The molecule has 0 radical (unpaired) electrons. The summed E-state index contributed by atoms with van der Waals surface area (Å²) in [5.41, 5.74) is 11.1. The van der Waals surface area contributed by atoms with Crippen LogP contribution in [0.5, 0.6) is 0 Å². The van der Waals surface area contributed by atoms with Gasteiger partial charge in [0, 0.05) is 0 Å². The van der Waals surface area contributed by atoms with Crippen molar-refractivity contribution in [2.75, 3.05) is 0 Å². The maximum Gasteiger partial charge on any atom is -0.00992 e. The van der Waals surface area contributed by atoms with Gasteiger partial charge in [0.15, 0.2) is 0 Å². The van der Waals surface area contributed by atoms with Gasteiger partial charge in [-0.25, -0.2) is 0 Å². The van der Waals surface area contributed by atoms with E-state index in [-0.39, 0.29) is 21.7 Å². The molecule has 0 fully saturated rings. The van der Waals surface area contributed by atoms with Gasteiger partial charge >= 0.3 is 0 Å². The molecule has 0 aliphatic carbocycles. The smallest absolute Gasteiger partial charge is 0.00992 e. The third kappa shape index (κ3) is 5.75. The van der Waals surface area contributed by atoms with E-state index in [4.69, 9.17) is 0 Å². The zero-order valence-corrected chi connectivity index (χ0v) is 25.9. The zero-order valence-electron chi connectivity index (χ0n) is 25.9. The lowest BCUT2D eigenvalue weighted by atomic mass is 9.78. The first-order valence-electron chi connectivity index (χ1n) is 14.2. The fourth-order valence-corrected chi connectivity index (χ4v) is 5.11. The molecule has 0 bridgehead atoms. The van der Waals surface area contributed by atoms with Crippen LogP contribution in [0.3, 0.4) is 0 Å². The Morgan fingerprint density at radius 1 is 0.342 bits per heavy atom. The van der Waals surface area contributed by atoms with Crippen molar-refractivity contribution in [1.29, 1.82) is 0 Å². The molecule has 0 aromatic heterocycles. The van der Waals surface area contributed by atoms with Gasteiger partial charge in [0.1, 0.15) is 0 Å². The van der Waals surface area contributed by atoms with Crippen LogP contribution >= 0.6 is 0 Å². The van der Waals surface area contributed by atoms with Crippen LogP contribution in [0.4, 0.5) is 0 Å². The summed E-state index contributed by atoms with van der Waals surface area (Å²) >= 11 is 0. The molecule has 0 N–H and O–H groups in total. The summed E-state index contributed by atoms with van der Waals surface area (Å²) in [5.74, 6) is 0. The van der Waals surface area contributed by atoms with Crippen LogP contribution < -0.4 is 0 Å². The molecule has 0 heterocycles. The SMILES string of the molecule is CC(C)(C)c1cc(-c2cccc3c(-c4cc(C(C)(C)C)cc(C(C)(C)C)c4)cccc23)cc(C(C)(C)C)c1. The minimum atomic E-state index is 0.0858. The van der Waals surface area contributed by atoms with E-state index in [1.54, 1.807) is 0 Å². The molecule has 0 atom stereocenters. The van der Waals surface area contributed by atoms with E-state index < -0.39 is 0 Å². The number of hydrogen-bond donors (Lipinski definition) is 0. The lowest BCUT2D eigenvalue weighted by Gasteiger charge is -2.27. The Morgan fingerprint density at radius 2 is 0.605 bits per heavy atom. The van der Waals surface area contributed by atoms with E-state index in [1.165, 1.54) is 55.3 Å². The molecule has 4 rings (SSSR count). The van der Waals surface area contributed by atoms with Crippen molar-refractivity contribution < 1.29 is 0 Å². The Balaban J connectivity index is 2.01. The molecule has 0 spiro atoms. The number of rotatable bonds is 2. The van der Waals surface area contributed by atoms with Gasteiger partial charge in [-0.05, 0) is 76.9 Å². The third-order valence-electron chi connectivity index (χ3n) is 7.87. The first kappa shape index (κ1) is 28.2. The van der Waals surface area contributed by atoms with Gasteiger partial charge < -0.3 is 0 Å². The van der Waals surface area contributed by atoms with Crippen LogP contribution in [0.15, 0.2) is 72.8 Å². The van der Waals surface area contributed by atoms with E-state index >= 15 is 0 Å². The summed E-state index contributed by atoms with van der Waals surface area (Å²) in [6.45, 7) is 27.8. The predicted octanol–water partition coefficient (Wildman–Crippen LogP) is 11.4. The number of benzene rings is 4. The second-order valence-electron chi connectivity index (χ2n) is 15.3. The Morgan fingerprint density at radius 3 is 0.842 bits per heavy atom. The zero-order chi connectivity index (χ0) is 28.3. The predicted molar refractivity (Wildman–Crippen MR) is 170 cm³/mol. The minimum Gasteiger partial charge on any atom is -0.0610 e. The van der Waals surface area contributed by atoms with E-state index in [1.807, 2.05) is 0 Å². The molecule has 0 aliphatic heterocycles. The van der Waals surface area contributed by atoms with Crippen molar-refractivity contribution in [3.63, 3.8) is 0 Å². The Bertz CT molecular complexity index is 1290. The standard InChI is InChI=1S/C38H48/c1-35(2,3)27-19-25(20-28(23-27)36(4,5)6)31-15-13-18-34-32(16-14-17-33(31)34)26-21-29(37(7,8)9)24-30(22-26)38(10,11)12/h13-24H,1-12H3. The second kappa shape index (κ2) is 9.41. The van der Waals surface area contributed by atoms with Gasteiger partial charge in [0.25, 0.3) is 0 Å². The van der Waals surface area contributed by atoms with Crippen LogP contribution in [0.2, 0.25) is 0 Å². The Kier molecular flexibility index (Phi) is 6.97. The van der Waals surface area contributed by atoms with Crippen molar-refractivity contribution >= 4 is 10.8 Å². The highest BCUT2D eigenvalue weighted by atomic mass is 14.3. The van der Waals surface area contributed by atoms with Gasteiger partial charge in [-0.1, -0.05) is 156 Å². The largest absolute Gasteiger partial charge is 0.0610 e. The van der Waals surface area contributed by atoms with E-state index in [0.29, 0.717) is 0 Å². The summed E-state index contributed by atoms with van der Waals surface area (Å²) in [4.78, 5) is 0. The highest BCUT2D eigenvalue weighted by Gasteiger charge is 2.23. The molecule has 0 nitrogen and oxygen atoms in total. The molecule has 0 heteroatoms. The summed E-state index contributed by atoms with van der Waals surface area (Å²) in [6.07, 6.45) is 0. The minimum absolute atomic E-state index is 0.0858. The highest BCUT2D eigenvalue weighted by molar-refractivity contribution is 6.04. The summed E-state index contributed by atoms with van der Waals surface area (Å²) < 4.78 is 0. The van der Waals surface area contributed by atoms with E-state index in [9.17, 15) is 0 Å². The number of fused-ring (bicyclic) bond motifs is 1. The Labute approximate surface area is 232 Å². The number of hydrogen-bond acceptors (Lipinski definition) is 0. The maximum absolute atomic E-state index is 2.41. The fourth-order valence-electron chi connectivity index (χ4n) is 5.11. The van der Waals surface area contributed by atoms with E-state index in [0.717, 1.165) is 0 Å².